The molecule has 1 aliphatic rings. The zero-order valence-corrected chi connectivity index (χ0v) is 14.5. The monoisotopic (exact) mass is 337 g/mol. The van der Waals surface area contributed by atoms with Crippen molar-refractivity contribution in [3.05, 3.63) is 11.5 Å². The molecule has 1 aliphatic heterocycles. The van der Waals surface area contributed by atoms with Gasteiger partial charge >= 0.3 is 0 Å². The number of nitrogens with zero attached hydrogens (tertiary/aromatic N) is 3. The highest BCUT2D eigenvalue weighted by molar-refractivity contribution is 7.99. The molecular weight excluding hydrogens is 318 g/mol. The summed E-state index contributed by atoms with van der Waals surface area (Å²) < 4.78 is 28.8. The lowest BCUT2D eigenvalue weighted by Crippen LogP contribution is -2.52. The molecule has 1 aromatic heterocycles. The molecule has 0 amide bonds. The SMILES string of the molecule is Cn1cnc(S(=O)(=O)N2CCSCC2C(C)(C)C)c1Cl. The van der Waals surface area contributed by atoms with Crippen LogP contribution in [0, 0.1) is 5.41 Å². The smallest absolute Gasteiger partial charge is 0.264 e. The number of aromatic nitrogens is 2. The minimum atomic E-state index is -3.65. The lowest BCUT2D eigenvalue weighted by molar-refractivity contribution is 0.198. The molecule has 1 atom stereocenters. The number of hydrogen-bond donors (Lipinski definition) is 0. The summed E-state index contributed by atoms with van der Waals surface area (Å²) in [5, 5.41) is 0.124. The second kappa shape index (κ2) is 5.51. The van der Waals surface area contributed by atoms with Crippen LogP contribution in [0.5, 0.6) is 0 Å². The summed E-state index contributed by atoms with van der Waals surface area (Å²) in [7, 11) is -1.97. The number of thioether (sulfide) groups is 1. The molecule has 1 saturated heterocycles. The average Bonchev–Trinajstić information content (AvgIpc) is 2.69. The summed E-state index contributed by atoms with van der Waals surface area (Å²) in [6.45, 7) is 6.69. The Kier molecular flexibility index (Phi) is 4.45. The van der Waals surface area contributed by atoms with Crippen LogP contribution in [0.25, 0.3) is 0 Å². The Labute approximate surface area is 129 Å². The Morgan fingerprint density at radius 1 is 1.45 bits per heavy atom. The summed E-state index contributed by atoms with van der Waals surface area (Å²) in [5.41, 5.74) is -0.123. The van der Waals surface area contributed by atoms with Crippen molar-refractivity contribution in [3.63, 3.8) is 0 Å². The van der Waals surface area contributed by atoms with Crippen LogP contribution in [-0.4, -0.2) is 46.4 Å². The van der Waals surface area contributed by atoms with Gasteiger partial charge < -0.3 is 4.57 Å². The van der Waals surface area contributed by atoms with Gasteiger partial charge in [-0.2, -0.15) is 16.1 Å². The van der Waals surface area contributed by atoms with Gasteiger partial charge in [-0.15, -0.1) is 0 Å². The molecule has 8 heteroatoms. The molecule has 0 aliphatic carbocycles. The van der Waals surface area contributed by atoms with E-state index in [1.807, 2.05) is 0 Å². The number of rotatable bonds is 2. The fourth-order valence-corrected chi connectivity index (χ4v) is 6.04. The van der Waals surface area contributed by atoms with Gasteiger partial charge in [-0.1, -0.05) is 32.4 Å². The van der Waals surface area contributed by atoms with Gasteiger partial charge in [-0.3, -0.25) is 0 Å². The van der Waals surface area contributed by atoms with E-state index >= 15 is 0 Å². The van der Waals surface area contributed by atoms with Gasteiger partial charge in [-0.05, 0) is 5.41 Å². The highest BCUT2D eigenvalue weighted by Crippen LogP contribution is 2.35. The molecule has 0 bridgehead atoms. The van der Waals surface area contributed by atoms with Crippen LogP contribution in [-0.2, 0) is 17.1 Å². The highest BCUT2D eigenvalue weighted by atomic mass is 35.5. The van der Waals surface area contributed by atoms with Gasteiger partial charge in [-0.25, -0.2) is 13.4 Å². The Hall–Kier alpha value is -0.240. The average molecular weight is 338 g/mol. The standard InChI is InChI=1S/C12H20ClN3O2S2/c1-12(2,3)9-7-19-6-5-16(9)20(17,18)11-10(13)15(4)8-14-11/h8-9H,5-7H2,1-4H3. The van der Waals surface area contributed by atoms with Crippen molar-refractivity contribution >= 4 is 33.4 Å². The van der Waals surface area contributed by atoms with E-state index in [1.165, 1.54) is 10.9 Å². The first-order chi connectivity index (χ1) is 9.15. The Bertz CT molecular complexity index is 592. The third-order valence-electron chi connectivity index (χ3n) is 3.47. The summed E-state index contributed by atoms with van der Waals surface area (Å²) in [6.07, 6.45) is 1.43. The second-order valence-electron chi connectivity index (χ2n) is 6.02. The molecule has 2 heterocycles. The van der Waals surface area contributed by atoms with Crippen LogP contribution < -0.4 is 0 Å². The number of hydrogen-bond acceptors (Lipinski definition) is 4. The van der Waals surface area contributed by atoms with Crippen LogP contribution in [0.4, 0.5) is 0 Å². The molecule has 0 spiro atoms. The number of sulfonamides is 1. The van der Waals surface area contributed by atoms with Gasteiger partial charge in [0.2, 0.25) is 5.03 Å². The fraction of sp³-hybridized carbons (Fsp3) is 0.750. The topological polar surface area (TPSA) is 55.2 Å². The summed E-state index contributed by atoms with van der Waals surface area (Å²) in [5.74, 6) is 1.60. The minimum absolute atomic E-state index is 0.0391. The molecule has 0 radical (unpaired) electrons. The lowest BCUT2D eigenvalue weighted by atomic mass is 9.88. The first-order valence-corrected chi connectivity index (χ1v) is 9.39. The fourth-order valence-electron chi connectivity index (χ4n) is 2.24. The molecule has 1 aromatic rings. The number of halogens is 1. The van der Waals surface area contributed by atoms with Gasteiger partial charge in [0.15, 0.2) is 0 Å². The first kappa shape index (κ1) is 16.1. The van der Waals surface area contributed by atoms with Crippen LogP contribution in [0.1, 0.15) is 20.8 Å². The van der Waals surface area contributed by atoms with E-state index in [0.29, 0.717) is 6.54 Å². The summed E-state index contributed by atoms with van der Waals surface area (Å²) in [6, 6.07) is -0.0516. The maximum atomic E-state index is 12.8. The molecular formula is C12H20ClN3O2S2. The largest absolute Gasteiger partial charge is 0.324 e. The molecule has 1 fully saturated rings. The van der Waals surface area contributed by atoms with Gasteiger partial charge in [0.1, 0.15) is 5.15 Å². The van der Waals surface area contributed by atoms with Crippen LogP contribution in [0.3, 0.4) is 0 Å². The maximum Gasteiger partial charge on any atom is 0.264 e. The third kappa shape index (κ3) is 2.86. The van der Waals surface area contributed by atoms with Crippen LogP contribution >= 0.6 is 23.4 Å². The molecule has 0 N–H and O–H groups in total. The van der Waals surface area contributed by atoms with E-state index in [2.05, 4.69) is 25.8 Å². The normalized spacial score (nSPS) is 22.1. The molecule has 1 unspecified atom stereocenters. The van der Waals surface area contributed by atoms with Crippen molar-refractivity contribution in [1.82, 2.24) is 13.9 Å². The molecule has 0 saturated carbocycles. The maximum absolute atomic E-state index is 12.8. The van der Waals surface area contributed by atoms with E-state index in [-0.39, 0.29) is 21.6 Å². The van der Waals surface area contributed by atoms with E-state index in [9.17, 15) is 8.42 Å². The van der Waals surface area contributed by atoms with Crippen molar-refractivity contribution in [1.29, 1.82) is 0 Å². The number of aryl methyl sites for hydroxylation is 1. The second-order valence-corrected chi connectivity index (χ2v) is 9.34. The van der Waals surface area contributed by atoms with Crippen molar-refractivity contribution in [2.45, 2.75) is 31.8 Å². The Balaban J connectivity index is 2.44. The van der Waals surface area contributed by atoms with E-state index in [1.54, 1.807) is 23.1 Å². The number of imidazole rings is 1. The zero-order chi connectivity index (χ0) is 15.1. The van der Waals surface area contributed by atoms with Gasteiger partial charge in [0, 0.05) is 31.1 Å². The molecule has 20 heavy (non-hydrogen) atoms. The molecule has 114 valence electrons. The van der Waals surface area contributed by atoms with Gasteiger partial charge in [0.05, 0.1) is 6.33 Å². The quantitative estimate of drug-likeness (QED) is 0.830. The summed E-state index contributed by atoms with van der Waals surface area (Å²) in [4.78, 5) is 3.97. The van der Waals surface area contributed by atoms with Crippen molar-refractivity contribution in [2.75, 3.05) is 18.1 Å². The molecule has 0 aromatic carbocycles. The zero-order valence-electron chi connectivity index (χ0n) is 12.1. The van der Waals surface area contributed by atoms with Gasteiger partial charge in [0.25, 0.3) is 10.0 Å². The Morgan fingerprint density at radius 3 is 2.60 bits per heavy atom. The predicted molar refractivity (Wildman–Crippen MR) is 82.7 cm³/mol. The summed E-state index contributed by atoms with van der Waals surface area (Å²) >= 11 is 7.85. The molecule has 2 rings (SSSR count). The first-order valence-electron chi connectivity index (χ1n) is 6.42. The molecule has 5 nitrogen and oxygen atoms in total. The van der Waals surface area contributed by atoms with Crippen molar-refractivity contribution in [2.24, 2.45) is 12.5 Å². The van der Waals surface area contributed by atoms with Crippen LogP contribution in [0.2, 0.25) is 5.15 Å². The van der Waals surface area contributed by atoms with E-state index < -0.39 is 10.0 Å². The van der Waals surface area contributed by atoms with Crippen molar-refractivity contribution in [3.8, 4) is 0 Å². The van der Waals surface area contributed by atoms with Crippen LogP contribution in [0.15, 0.2) is 11.4 Å². The van der Waals surface area contributed by atoms with E-state index in [4.69, 9.17) is 11.6 Å². The minimum Gasteiger partial charge on any atom is -0.324 e. The Morgan fingerprint density at radius 2 is 2.10 bits per heavy atom. The predicted octanol–water partition coefficient (Wildman–Crippen LogP) is 2.23. The lowest BCUT2D eigenvalue weighted by Gasteiger charge is -2.41. The highest BCUT2D eigenvalue weighted by Gasteiger charge is 2.41. The van der Waals surface area contributed by atoms with E-state index in [0.717, 1.165) is 11.5 Å². The van der Waals surface area contributed by atoms with Crippen molar-refractivity contribution < 1.29 is 8.42 Å². The third-order valence-corrected chi connectivity index (χ3v) is 6.89.